The molecule has 4 aromatic rings. The van der Waals surface area contributed by atoms with E-state index in [2.05, 4.69) is 0 Å². The zero-order valence-corrected chi connectivity index (χ0v) is 17.3. The molecule has 30 heavy (non-hydrogen) atoms. The van der Waals surface area contributed by atoms with Crippen molar-refractivity contribution >= 4 is 39.3 Å². The fourth-order valence-electron chi connectivity index (χ4n) is 3.46. The Bertz CT molecular complexity index is 1210. The molecule has 1 heterocycles. The van der Waals surface area contributed by atoms with Gasteiger partial charge in [0.15, 0.2) is 5.43 Å². The Morgan fingerprint density at radius 1 is 0.933 bits per heavy atom. The number of likely N-dealkylation sites (N-methyl/N-ethyl adjacent to an activating group) is 1. The maximum absolute atomic E-state index is 12.9. The molecule has 0 saturated heterocycles. The van der Waals surface area contributed by atoms with E-state index in [1.54, 1.807) is 48.3 Å². The maximum Gasteiger partial charge on any atom is 0.242 e. The summed E-state index contributed by atoms with van der Waals surface area (Å²) in [5, 5.41) is 1.87. The summed E-state index contributed by atoms with van der Waals surface area (Å²) >= 11 is 5.88. The lowest BCUT2D eigenvalue weighted by Crippen LogP contribution is -2.34. The van der Waals surface area contributed by atoms with Crippen molar-refractivity contribution in [1.82, 2.24) is 9.47 Å². The van der Waals surface area contributed by atoms with E-state index in [-0.39, 0.29) is 17.9 Å². The third-order valence-corrected chi connectivity index (χ3v) is 5.36. The Morgan fingerprint density at radius 3 is 2.10 bits per heavy atom. The van der Waals surface area contributed by atoms with Crippen LogP contribution in [0, 0.1) is 0 Å². The number of rotatable bonds is 6. The van der Waals surface area contributed by atoms with E-state index in [9.17, 15) is 9.59 Å². The summed E-state index contributed by atoms with van der Waals surface area (Å²) in [6.07, 6.45) is 0. The second-order valence-corrected chi connectivity index (χ2v) is 7.50. The zero-order chi connectivity index (χ0) is 21.1. The highest BCUT2D eigenvalue weighted by atomic mass is 35.5. The average Bonchev–Trinajstić information content (AvgIpc) is 2.77. The van der Waals surface area contributed by atoms with Crippen LogP contribution in [0.3, 0.4) is 0 Å². The highest BCUT2D eigenvalue weighted by molar-refractivity contribution is 6.30. The van der Waals surface area contributed by atoms with Crippen LogP contribution < -0.4 is 10.2 Å². The standard InChI is InChI=1S/C24H21ClN2O3/c1-26(14-15-30-18-12-10-17(25)11-13-18)23(28)16-27-21-8-4-2-6-19(21)24(29)20-7-3-5-9-22(20)27/h2-13H,14-16H2,1H3. The van der Waals surface area contributed by atoms with Crippen LogP contribution in [-0.4, -0.2) is 35.6 Å². The molecule has 6 heteroatoms. The van der Waals surface area contributed by atoms with Crippen LogP contribution in [0.25, 0.3) is 21.8 Å². The quantitative estimate of drug-likeness (QED) is 0.436. The first-order valence-corrected chi connectivity index (χ1v) is 10.0. The number of ether oxygens (including phenoxy) is 1. The summed E-state index contributed by atoms with van der Waals surface area (Å²) in [7, 11) is 1.75. The van der Waals surface area contributed by atoms with Gasteiger partial charge in [0.2, 0.25) is 5.91 Å². The predicted octanol–water partition coefficient (Wildman–Crippen LogP) is 4.35. The molecule has 3 aromatic carbocycles. The van der Waals surface area contributed by atoms with Crippen LogP contribution >= 0.6 is 11.6 Å². The van der Waals surface area contributed by atoms with Crippen molar-refractivity contribution in [2.75, 3.05) is 20.2 Å². The normalized spacial score (nSPS) is 11.0. The van der Waals surface area contributed by atoms with Crippen molar-refractivity contribution in [3.63, 3.8) is 0 Å². The van der Waals surface area contributed by atoms with Crippen molar-refractivity contribution < 1.29 is 9.53 Å². The number of benzene rings is 3. The topological polar surface area (TPSA) is 51.5 Å². The molecule has 0 aliphatic carbocycles. The average molecular weight is 421 g/mol. The summed E-state index contributed by atoms with van der Waals surface area (Å²) < 4.78 is 7.60. The minimum Gasteiger partial charge on any atom is -0.492 e. The molecule has 0 N–H and O–H groups in total. The molecule has 152 valence electrons. The smallest absolute Gasteiger partial charge is 0.242 e. The first kappa shape index (κ1) is 20.0. The van der Waals surface area contributed by atoms with Crippen LogP contribution in [0.4, 0.5) is 0 Å². The molecule has 0 bridgehead atoms. The Balaban J connectivity index is 1.54. The number of nitrogens with zero attached hydrogens (tertiary/aromatic N) is 2. The van der Waals surface area contributed by atoms with Crippen molar-refractivity contribution in [3.8, 4) is 5.75 Å². The third kappa shape index (κ3) is 4.02. The SMILES string of the molecule is CN(CCOc1ccc(Cl)cc1)C(=O)Cn1c2ccccc2c(=O)c2ccccc21. The zero-order valence-electron chi connectivity index (χ0n) is 16.5. The van der Waals surface area contributed by atoms with Crippen molar-refractivity contribution in [1.29, 1.82) is 0 Å². The molecular weight excluding hydrogens is 400 g/mol. The monoisotopic (exact) mass is 420 g/mol. The molecule has 0 spiro atoms. The molecule has 0 atom stereocenters. The third-order valence-electron chi connectivity index (χ3n) is 5.11. The number of amides is 1. The Labute approximate surface area is 179 Å². The number of halogens is 1. The van der Waals surface area contributed by atoms with Gasteiger partial charge in [0.1, 0.15) is 18.9 Å². The van der Waals surface area contributed by atoms with Gasteiger partial charge in [-0.25, -0.2) is 0 Å². The number of aromatic nitrogens is 1. The molecule has 0 fully saturated rings. The van der Waals surface area contributed by atoms with Gasteiger partial charge in [-0.2, -0.15) is 0 Å². The Hall–Kier alpha value is -3.31. The molecule has 0 saturated carbocycles. The largest absolute Gasteiger partial charge is 0.492 e. The number of hydrogen-bond acceptors (Lipinski definition) is 3. The van der Waals surface area contributed by atoms with E-state index in [0.717, 1.165) is 11.0 Å². The van der Waals surface area contributed by atoms with Crippen LogP contribution in [0.15, 0.2) is 77.6 Å². The molecule has 0 aliphatic rings. The lowest BCUT2D eigenvalue weighted by atomic mass is 10.1. The molecule has 0 radical (unpaired) electrons. The lowest BCUT2D eigenvalue weighted by Gasteiger charge is -2.20. The summed E-state index contributed by atoms with van der Waals surface area (Å²) in [5.41, 5.74) is 1.48. The minimum atomic E-state index is -0.0614. The van der Waals surface area contributed by atoms with Crippen LogP contribution in [0.1, 0.15) is 0 Å². The number of carbonyl (C=O) groups is 1. The van der Waals surface area contributed by atoms with E-state index >= 15 is 0 Å². The summed E-state index contributed by atoms with van der Waals surface area (Å²) in [5.74, 6) is 0.645. The Kier molecular flexibility index (Phi) is 5.72. The Morgan fingerprint density at radius 2 is 1.50 bits per heavy atom. The summed E-state index contributed by atoms with van der Waals surface area (Å²) in [6.45, 7) is 0.950. The number of hydrogen-bond donors (Lipinski definition) is 0. The number of carbonyl (C=O) groups excluding carboxylic acids is 1. The fraction of sp³-hybridized carbons (Fsp3) is 0.167. The molecule has 0 unspecified atom stereocenters. The summed E-state index contributed by atoms with van der Waals surface area (Å²) in [6, 6.07) is 21.9. The highest BCUT2D eigenvalue weighted by Gasteiger charge is 2.15. The van der Waals surface area contributed by atoms with Crippen LogP contribution in [0.2, 0.25) is 5.02 Å². The first-order valence-electron chi connectivity index (χ1n) is 9.67. The van der Waals surface area contributed by atoms with Gasteiger partial charge in [-0.3, -0.25) is 9.59 Å². The first-order chi connectivity index (χ1) is 14.5. The molecule has 0 aliphatic heterocycles. The number of fused-ring (bicyclic) bond motifs is 2. The van der Waals surface area contributed by atoms with Gasteiger partial charge in [-0.05, 0) is 48.5 Å². The van der Waals surface area contributed by atoms with Gasteiger partial charge in [0.05, 0.1) is 17.6 Å². The van der Waals surface area contributed by atoms with E-state index in [0.29, 0.717) is 34.7 Å². The van der Waals surface area contributed by atoms with Gasteiger partial charge < -0.3 is 14.2 Å². The van der Waals surface area contributed by atoms with Crippen molar-refractivity contribution in [3.05, 3.63) is 88.0 Å². The van der Waals surface area contributed by atoms with Gasteiger partial charge in [0.25, 0.3) is 0 Å². The highest BCUT2D eigenvalue weighted by Crippen LogP contribution is 2.19. The lowest BCUT2D eigenvalue weighted by molar-refractivity contribution is -0.130. The predicted molar refractivity (Wildman–Crippen MR) is 120 cm³/mol. The molecule has 1 aromatic heterocycles. The van der Waals surface area contributed by atoms with E-state index < -0.39 is 0 Å². The second kappa shape index (κ2) is 8.59. The minimum absolute atomic E-state index is 0.0189. The summed E-state index contributed by atoms with van der Waals surface area (Å²) in [4.78, 5) is 27.4. The second-order valence-electron chi connectivity index (χ2n) is 7.07. The van der Waals surface area contributed by atoms with E-state index in [1.807, 2.05) is 41.0 Å². The number of pyridine rings is 1. The van der Waals surface area contributed by atoms with Gasteiger partial charge in [-0.1, -0.05) is 35.9 Å². The van der Waals surface area contributed by atoms with Gasteiger partial charge >= 0.3 is 0 Å². The molecule has 4 rings (SSSR count). The van der Waals surface area contributed by atoms with Crippen molar-refractivity contribution in [2.45, 2.75) is 6.54 Å². The van der Waals surface area contributed by atoms with E-state index in [4.69, 9.17) is 16.3 Å². The maximum atomic E-state index is 12.9. The van der Waals surface area contributed by atoms with Crippen LogP contribution in [0.5, 0.6) is 5.75 Å². The van der Waals surface area contributed by atoms with Crippen LogP contribution in [-0.2, 0) is 11.3 Å². The van der Waals surface area contributed by atoms with Crippen molar-refractivity contribution in [2.24, 2.45) is 0 Å². The molecule has 1 amide bonds. The van der Waals surface area contributed by atoms with Gasteiger partial charge in [-0.15, -0.1) is 0 Å². The fourth-order valence-corrected chi connectivity index (χ4v) is 3.59. The van der Waals surface area contributed by atoms with E-state index in [1.165, 1.54) is 0 Å². The number of para-hydroxylation sites is 2. The molecular formula is C24H21ClN2O3. The van der Waals surface area contributed by atoms with Gasteiger partial charge in [0, 0.05) is 22.8 Å². The molecule has 5 nitrogen and oxygen atoms in total.